The van der Waals surface area contributed by atoms with Crippen LogP contribution >= 0.6 is 11.3 Å². The van der Waals surface area contributed by atoms with Gasteiger partial charge in [0.15, 0.2) is 0 Å². The van der Waals surface area contributed by atoms with Gasteiger partial charge in [0.05, 0.1) is 0 Å². The Hall–Kier alpha value is -1.84. The second-order valence-electron chi connectivity index (χ2n) is 4.40. The van der Waals surface area contributed by atoms with Crippen LogP contribution in [-0.2, 0) is 16.4 Å². The molecule has 3 aromatic heterocycles. The Morgan fingerprint density at radius 2 is 2.24 bits per heavy atom. The van der Waals surface area contributed by atoms with Crippen molar-refractivity contribution in [2.45, 2.75) is 17.1 Å². The zero-order chi connectivity index (χ0) is 14.7. The maximum atomic E-state index is 11.9. The third-order valence-corrected chi connectivity index (χ3v) is 5.74. The highest BCUT2D eigenvalue weighted by Crippen LogP contribution is 2.15. The van der Waals surface area contributed by atoms with Gasteiger partial charge >= 0.3 is 0 Å². The zero-order valence-electron chi connectivity index (χ0n) is 11.0. The number of hydrogen-bond acceptors (Lipinski definition) is 6. The van der Waals surface area contributed by atoms with E-state index in [0.29, 0.717) is 23.0 Å². The summed E-state index contributed by atoms with van der Waals surface area (Å²) < 4.78 is 28.4. The summed E-state index contributed by atoms with van der Waals surface area (Å²) in [6.07, 6.45) is 6.43. The van der Waals surface area contributed by atoms with E-state index in [4.69, 9.17) is 0 Å². The molecule has 0 aliphatic rings. The number of thiophene rings is 1. The van der Waals surface area contributed by atoms with Gasteiger partial charge in [-0.3, -0.25) is 0 Å². The molecule has 0 saturated heterocycles. The fourth-order valence-electron chi connectivity index (χ4n) is 1.87. The molecule has 0 unspecified atom stereocenters. The minimum absolute atomic E-state index is 0.341. The predicted octanol–water partition coefficient (Wildman–Crippen LogP) is 1.10. The molecule has 0 amide bonds. The molecule has 9 heteroatoms. The van der Waals surface area contributed by atoms with E-state index >= 15 is 0 Å². The molecule has 0 aromatic carbocycles. The number of hydrogen-bond donors (Lipinski definition) is 1. The van der Waals surface area contributed by atoms with Crippen molar-refractivity contribution in [3.63, 3.8) is 0 Å². The molecular formula is C12H13N5O2S2. The van der Waals surface area contributed by atoms with Crippen molar-refractivity contribution in [1.82, 2.24) is 24.3 Å². The molecule has 1 N–H and O–H groups in total. The summed E-state index contributed by atoms with van der Waals surface area (Å²) in [6, 6.07) is 3.31. The summed E-state index contributed by atoms with van der Waals surface area (Å²) in [4.78, 5) is 8.13. The third kappa shape index (κ3) is 3.26. The van der Waals surface area contributed by atoms with Crippen molar-refractivity contribution in [2.75, 3.05) is 6.54 Å². The lowest BCUT2D eigenvalue weighted by Gasteiger charge is -2.05. The number of nitrogens with one attached hydrogen (secondary N) is 1. The Balaban J connectivity index is 1.54. The van der Waals surface area contributed by atoms with Gasteiger partial charge in [0.1, 0.15) is 10.5 Å². The molecule has 0 aliphatic heterocycles. The lowest BCUT2D eigenvalue weighted by Crippen LogP contribution is -2.24. The topological polar surface area (TPSA) is 89.2 Å². The Morgan fingerprint density at radius 3 is 3.05 bits per heavy atom. The Kier molecular flexibility index (Phi) is 3.95. The molecule has 3 aromatic rings. The second kappa shape index (κ2) is 5.88. The van der Waals surface area contributed by atoms with Gasteiger partial charge in [-0.2, -0.15) is 10.1 Å². The fraction of sp³-hybridized carbons (Fsp3) is 0.250. The lowest BCUT2D eigenvalue weighted by molar-refractivity contribution is 0.581. The summed E-state index contributed by atoms with van der Waals surface area (Å²) in [5.41, 5.74) is 0.989. The Morgan fingerprint density at radius 1 is 1.33 bits per heavy atom. The predicted molar refractivity (Wildman–Crippen MR) is 78.6 cm³/mol. The highest BCUT2D eigenvalue weighted by molar-refractivity contribution is 7.91. The van der Waals surface area contributed by atoms with Crippen LogP contribution in [0.25, 0.3) is 5.78 Å². The summed E-state index contributed by atoms with van der Waals surface area (Å²) in [5, 5.41) is 5.76. The van der Waals surface area contributed by atoms with Gasteiger partial charge in [-0.15, -0.1) is 11.3 Å². The van der Waals surface area contributed by atoms with Crippen molar-refractivity contribution in [3.05, 3.63) is 41.8 Å². The van der Waals surface area contributed by atoms with Crippen LogP contribution < -0.4 is 4.72 Å². The first kappa shape index (κ1) is 14.1. The molecular weight excluding hydrogens is 310 g/mol. The van der Waals surface area contributed by atoms with Crippen molar-refractivity contribution in [1.29, 1.82) is 0 Å². The highest BCUT2D eigenvalue weighted by Gasteiger charge is 2.13. The van der Waals surface area contributed by atoms with E-state index in [2.05, 4.69) is 19.8 Å². The first-order valence-corrected chi connectivity index (χ1v) is 8.69. The standard InChI is InChI=1S/C12H13N5O2S2/c18-21(19,11-4-2-6-20-11)16-5-1-3-10-7-13-12-14-9-15-17(12)8-10/h2,4,6-9,16H,1,3,5H2. The monoisotopic (exact) mass is 323 g/mol. The van der Waals surface area contributed by atoms with Gasteiger partial charge in [0, 0.05) is 18.9 Å². The minimum atomic E-state index is -3.37. The number of rotatable bonds is 6. The maximum absolute atomic E-state index is 11.9. The number of fused-ring (bicyclic) bond motifs is 1. The second-order valence-corrected chi connectivity index (χ2v) is 7.34. The number of sulfonamides is 1. The fourth-order valence-corrected chi connectivity index (χ4v) is 3.99. The van der Waals surface area contributed by atoms with Crippen molar-refractivity contribution >= 4 is 27.1 Å². The van der Waals surface area contributed by atoms with Crippen molar-refractivity contribution in [2.24, 2.45) is 0 Å². The lowest BCUT2D eigenvalue weighted by atomic mass is 10.2. The van der Waals surface area contributed by atoms with Crippen LogP contribution in [0.1, 0.15) is 12.0 Å². The molecule has 0 aliphatic carbocycles. The molecule has 3 heterocycles. The minimum Gasteiger partial charge on any atom is -0.219 e. The molecule has 3 rings (SSSR count). The molecule has 7 nitrogen and oxygen atoms in total. The van der Waals surface area contributed by atoms with E-state index in [-0.39, 0.29) is 0 Å². The SMILES string of the molecule is O=S(=O)(NCCCc1cnc2ncnn2c1)c1cccs1. The molecule has 110 valence electrons. The summed E-state index contributed by atoms with van der Waals surface area (Å²) in [6.45, 7) is 0.385. The molecule has 0 spiro atoms. The van der Waals surface area contributed by atoms with Gasteiger partial charge in [-0.05, 0) is 29.9 Å². The molecule has 21 heavy (non-hydrogen) atoms. The average molecular weight is 323 g/mol. The number of aryl methyl sites for hydroxylation is 1. The van der Waals surface area contributed by atoms with E-state index in [9.17, 15) is 8.42 Å². The van der Waals surface area contributed by atoms with E-state index in [1.165, 1.54) is 17.7 Å². The van der Waals surface area contributed by atoms with Gasteiger partial charge in [-0.1, -0.05) is 6.07 Å². The van der Waals surface area contributed by atoms with Gasteiger partial charge < -0.3 is 0 Å². The van der Waals surface area contributed by atoms with Crippen LogP contribution in [-0.4, -0.2) is 34.5 Å². The first-order chi connectivity index (χ1) is 10.1. The third-order valence-electron chi connectivity index (χ3n) is 2.88. The molecule has 0 atom stereocenters. The quantitative estimate of drug-likeness (QED) is 0.686. The van der Waals surface area contributed by atoms with Gasteiger partial charge in [-0.25, -0.2) is 22.6 Å². The zero-order valence-corrected chi connectivity index (χ0v) is 12.6. The molecule has 0 fully saturated rings. The first-order valence-electron chi connectivity index (χ1n) is 6.32. The van der Waals surface area contributed by atoms with E-state index < -0.39 is 10.0 Å². The Labute approximate surface area is 125 Å². The van der Waals surface area contributed by atoms with Crippen molar-refractivity contribution in [3.8, 4) is 0 Å². The van der Waals surface area contributed by atoms with Crippen molar-refractivity contribution < 1.29 is 8.42 Å². The normalized spacial score (nSPS) is 12.0. The number of nitrogens with zero attached hydrogens (tertiary/aromatic N) is 4. The van der Waals surface area contributed by atoms with Crippen LogP contribution in [0.2, 0.25) is 0 Å². The number of aromatic nitrogens is 4. The summed E-state index contributed by atoms with van der Waals surface area (Å²) in [5.74, 6) is 0.553. The summed E-state index contributed by atoms with van der Waals surface area (Å²) in [7, 11) is -3.37. The van der Waals surface area contributed by atoms with E-state index in [1.54, 1.807) is 28.2 Å². The van der Waals surface area contributed by atoms with Crippen LogP contribution in [0.3, 0.4) is 0 Å². The maximum Gasteiger partial charge on any atom is 0.252 e. The smallest absolute Gasteiger partial charge is 0.219 e. The molecule has 0 saturated carbocycles. The Bertz CT molecular complexity index is 826. The van der Waals surface area contributed by atoms with Gasteiger partial charge in [0.25, 0.3) is 5.78 Å². The van der Waals surface area contributed by atoms with Crippen LogP contribution in [0.5, 0.6) is 0 Å². The molecule has 0 radical (unpaired) electrons. The van der Waals surface area contributed by atoms with E-state index in [1.807, 2.05) is 6.20 Å². The van der Waals surface area contributed by atoms with Crippen LogP contribution in [0.15, 0.2) is 40.4 Å². The van der Waals surface area contributed by atoms with Gasteiger partial charge in [0.2, 0.25) is 10.0 Å². The average Bonchev–Trinajstić information content (AvgIpc) is 3.14. The highest BCUT2D eigenvalue weighted by atomic mass is 32.2. The largest absolute Gasteiger partial charge is 0.252 e. The van der Waals surface area contributed by atoms with E-state index in [0.717, 1.165) is 12.0 Å². The summed E-state index contributed by atoms with van der Waals surface area (Å²) >= 11 is 1.21. The van der Waals surface area contributed by atoms with Crippen LogP contribution in [0.4, 0.5) is 0 Å². The van der Waals surface area contributed by atoms with Crippen LogP contribution in [0, 0.1) is 0 Å². The molecule has 0 bridgehead atoms.